The molecule has 0 bridgehead atoms. The van der Waals surface area contributed by atoms with E-state index in [0.717, 1.165) is 10.9 Å². The van der Waals surface area contributed by atoms with Crippen LogP contribution in [0.15, 0.2) is 29.2 Å². The number of H-pyrrole nitrogens is 1. The number of ether oxygens (including phenoxy) is 1. The van der Waals surface area contributed by atoms with E-state index in [1.807, 2.05) is 19.1 Å². The van der Waals surface area contributed by atoms with Crippen molar-refractivity contribution < 1.29 is 4.74 Å². The first-order valence-corrected chi connectivity index (χ1v) is 5.56. The minimum absolute atomic E-state index is 0.100. The van der Waals surface area contributed by atoms with E-state index in [-0.39, 0.29) is 5.56 Å². The van der Waals surface area contributed by atoms with E-state index in [2.05, 4.69) is 4.98 Å². The lowest BCUT2D eigenvalue weighted by molar-refractivity contribution is 0.343. The van der Waals surface area contributed by atoms with Gasteiger partial charge in [0, 0.05) is 6.20 Å². The van der Waals surface area contributed by atoms with Crippen molar-refractivity contribution in [1.29, 1.82) is 0 Å². The van der Waals surface area contributed by atoms with Crippen LogP contribution in [0.25, 0.3) is 10.8 Å². The van der Waals surface area contributed by atoms with Crippen LogP contribution < -0.4 is 10.3 Å². The number of nitrogens with one attached hydrogen (secondary N) is 1. The maximum absolute atomic E-state index is 11.6. The fraction of sp³-hybridized carbons (Fsp3) is 0.250. The molecule has 0 radical (unpaired) electrons. The van der Waals surface area contributed by atoms with Crippen LogP contribution >= 0.6 is 11.6 Å². The topological polar surface area (TPSA) is 42.1 Å². The summed E-state index contributed by atoms with van der Waals surface area (Å²) < 4.78 is 5.37. The van der Waals surface area contributed by atoms with Gasteiger partial charge in [-0.25, -0.2) is 0 Å². The highest BCUT2D eigenvalue weighted by Gasteiger charge is 2.03. The maximum Gasteiger partial charge on any atom is 0.255 e. The second-order valence-corrected chi connectivity index (χ2v) is 3.92. The summed E-state index contributed by atoms with van der Waals surface area (Å²) in [4.78, 5) is 14.3. The number of aromatic nitrogens is 1. The smallest absolute Gasteiger partial charge is 0.255 e. The Morgan fingerprint density at radius 3 is 2.94 bits per heavy atom. The molecule has 0 aliphatic heterocycles. The second-order valence-electron chi connectivity index (χ2n) is 3.55. The third-order valence-electron chi connectivity index (χ3n) is 2.43. The Bertz CT molecular complexity index is 562. The molecule has 84 valence electrons. The molecule has 0 saturated carbocycles. The number of fused-ring (bicyclic) bond motifs is 1. The number of benzene rings is 1. The molecule has 0 aliphatic carbocycles. The van der Waals surface area contributed by atoms with E-state index in [1.165, 1.54) is 0 Å². The molecule has 2 aromatic rings. The zero-order chi connectivity index (χ0) is 11.5. The number of aromatic amines is 1. The van der Waals surface area contributed by atoms with E-state index in [9.17, 15) is 4.79 Å². The molecule has 0 fully saturated rings. The average molecular weight is 238 g/mol. The Morgan fingerprint density at radius 1 is 1.38 bits per heavy atom. The standard InChI is InChI=1S/C12H12ClNO2/c1-8-7-14-12(15)11-6-9(16-5-4-13)2-3-10(8)11/h2-3,6-7H,4-5H2,1H3,(H,14,15). The Hall–Kier alpha value is -1.48. The Morgan fingerprint density at radius 2 is 2.19 bits per heavy atom. The predicted octanol–water partition coefficient (Wildman–Crippen LogP) is 2.45. The fourth-order valence-corrected chi connectivity index (χ4v) is 1.71. The second kappa shape index (κ2) is 4.58. The first-order chi connectivity index (χ1) is 7.72. The molecular weight excluding hydrogens is 226 g/mol. The molecule has 1 aromatic heterocycles. The molecule has 2 rings (SSSR count). The first-order valence-electron chi connectivity index (χ1n) is 5.03. The van der Waals surface area contributed by atoms with Crippen molar-refractivity contribution in [2.24, 2.45) is 0 Å². The van der Waals surface area contributed by atoms with Gasteiger partial charge in [-0.05, 0) is 30.0 Å². The lowest BCUT2D eigenvalue weighted by atomic mass is 10.1. The Balaban J connectivity index is 2.53. The summed E-state index contributed by atoms with van der Waals surface area (Å²) in [5.74, 6) is 1.10. The number of alkyl halides is 1. The van der Waals surface area contributed by atoms with Gasteiger partial charge in [-0.1, -0.05) is 6.07 Å². The van der Waals surface area contributed by atoms with E-state index in [1.54, 1.807) is 12.3 Å². The van der Waals surface area contributed by atoms with E-state index in [4.69, 9.17) is 16.3 Å². The van der Waals surface area contributed by atoms with Crippen LogP contribution in [0.2, 0.25) is 0 Å². The number of pyridine rings is 1. The Kier molecular flexibility index (Phi) is 3.15. The van der Waals surface area contributed by atoms with Crippen molar-refractivity contribution >= 4 is 22.4 Å². The number of halogens is 1. The van der Waals surface area contributed by atoms with Crippen molar-refractivity contribution in [1.82, 2.24) is 4.98 Å². The zero-order valence-electron chi connectivity index (χ0n) is 8.92. The van der Waals surface area contributed by atoms with Crippen LogP contribution in [-0.4, -0.2) is 17.5 Å². The van der Waals surface area contributed by atoms with Crippen LogP contribution in [0.1, 0.15) is 5.56 Å². The summed E-state index contributed by atoms with van der Waals surface area (Å²) in [7, 11) is 0. The summed E-state index contributed by atoms with van der Waals surface area (Å²) in [6.45, 7) is 2.40. The van der Waals surface area contributed by atoms with E-state index < -0.39 is 0 Å². The molecule has 0 atom stereocenters. The summed E-state index contributed by atoms with van der Waals surface area (Å²) >= 11 is 5.53. The van der Waals surface area contributed by atoms with Crippen LogP contribution in [0.4, 0.5) is 0 Å². The highest BCUT2D eigenvalue weighted by molar-refractivity contribution is 6.18. The molecule has 1 N–H and O–H groups in total. The lowest BCUT2D eigenvalue weighted by Crippen LogP contribution is -2.06. The molecule has 0 unspecified atom stereocenters. The van der Waals surface area contributed by atoms with Gasteiger partial charge < -0.3 is 9.72 Å². The first kappa shape index (κ1) is 11.0. The van der Waals surface area contributed by atoms with Crippen LogP contribution in [0, 0.1) is 6.92 Å². The lowest BCUT2D eigenvalue weighted by Gasteiger charge is -2.06. The molecule has 4 heteroatoms. The van der Waals surface area contributed by atoms with E-state index in [0.29, 0.717) is 23.6 Å². The highest BCUT2D eigenvalue weighted by atomic mass is 35.5. The fourth-order valence-electron chi connectivity index (χ4n) is 1.63. The quantitative estimate of drug-likeness (QED) is 0.834. The monoisotopic (exact) mass is 237 g/mol. The molecule has 1 aromatic carbocycles. The minimum Gasteiger partial charge on any atom is -0.492 e. The molecule has 1 heterocycles. The molecule has 3 nitrogen and oxygen atoms in total. The molecule has 16 heavy (non-hydrogen) atoms. The molecule has 0 saturated heterocycles. The SMILES string of the molecule is Cc1c[nH]c(=O)c2cc(OCCCl)ccc12. The average Bonchev–Trinajstić information content (AvgIpc) is 2.31. The third kappa shape index (κ3) is 2.04. The third-order valence-corrected chi connectivity index (χ3v) is 2.58. The molecule has 0 spiro atoms. The van der Waals surface area contributed by atoms with Gasteiger partial charge in [-0.2, -0.15) is 0 Å². The normalized spacial score (nSPS) is 10.6. The van der Waals surface area contributed by atoms with Crippen LogP contribution in [0.3, 0.4) is 0 Å². The van der Waals surface area contributed by atoms with Crippen molar-refractivity contribution in [3.05, 3.63) is 40.3 Å². The van der Waals surface area contributed by atoms with Gasteiger partial charge in [-0.15, -0.1) is 11.6 Å². The summed E-state index contributed by atoms with van der Waals surface area (Å²) in [6.07, 6.45) is 1.71. The summed E-state index contributed by atoms with van der Waals surface area (Å²) in [5, 5.41) is 1.59. The van der Waals surface area contributed by atoms with Gasteiger partial charge in [0.1, 0.15) is 12.4 Å². The van der Waals surface area contributed by atoms with Crippen molar-refractivity contribution in [2.75, 3.05) is 12.5 Å². The largest absolute Gasteiger partial charge is 0.492 e. The summed E-state index contributed by atoms with van der Waals surface area (Å²) in [6, 6.07) is 5.48. The molecule has 0 amide bonds. The van der Waals surface area contributed by atoms with Crippen molar-refractivity contribution in [3.63, 3.8) is 0 Å². The summed E-state index contributed by atoms with van der Waals surface area (Å²) in [5.41, 5.74) is 0.940. The molecule has 0 aliphatic rings. The predicted molar refractivity (Wildman–Crippen MR) is 65.5 cm³/mol. The van der Waals surface area contributed by atoms with Gasteiger partial charge in [0.2, 0.25) is 0 Å². The number of hydrogen-bond donors (Lipinski definition) is 1. The van der Waals surface area contributed by atoms with Gasteiger partial charge in [0.05, 0.1) is 11.3 Å². The maximum atomic E-state index is 11.6. The van der Waals surface area contributed by atoms with Crippen LogP contribution in [0.5, 0.6) is 5.75 Å². The van der Waals surface area contributed by atoms with Crippen LogP contribution in [-0.2, 0) is 0 Å². The molecular formula is C12H12ClNO2. The van der Waals surface area contributed by atoms with Gasteiger partial charge in [0.25, 0.3) is 5.56 Å². The highest BCUT2D eigenvalue weighted by Crippen LogP contribution is 2.20. The number of aryl methyl sites for hydroxylation is 1. The van der Waals surface area contributed by atoms with Gasteiger partial charge in [-0.3, -0.25) is 4.79 Å². The van der Waals surface area contributed by atoms with Crippen molar-refractivity contribution in [2.45, 2.75) is 6.92 Å². The number of rotatable bonds is 3. The number of hydrogen-bond acceptors (Lipinski definition) is 2. The van der Waals surface area contributed by atoms with E-state index >= 15 is 0 Å². The van der Waals surface area contributed by atoms with Crippen molar-refractivity contribution in [3.8, 4) is 5.75 Å². The zero-order valence-corrected chi connectivity index (χ0v) is 9.67. The minimum atomic E-state index is -0.100. The van der Waals surface area contributed by atoms with Gasteiger partial charge >= 0.3 is 0 Å². The van der Waals surface area contributed by atoms with Gasteiger partial charge in [0.15, 0.2) is 0 Å². The Labute approximate surface area is 98.0 Å².